The molecule has 1 heterocycles. The largest absolute Gasteiger partial charge is 0.394 e. The van der Waals surface area contributed by atoms with Crippen LogP contribution in [0.25, 0.3) is 0 Å². The maximum atomic E-state index is 11.6. The summed E-state index contributed by atoms with van der Waals surface area (Å²) in [7, 11) is 1.91. The van der Waals surface area contributed by atoms with E-state index in [0.717, 1.165) is 38.5 Å². The fraction of sp³-hybridized carbons (Fsp3) is 0.591. The van der Waals surface area contributed by atoms with E-state index >= 15 is 0 Å². The van der Waals surface area contributed by atoms with Crippen molar-refractivity contribution in [2.24, 2.45) is 0 Å². The Morgan fingerprint density at radius 1 is 0.962 bits per heavy atom. The lowest BCUT2D eigenvalue weighted by Gasteiger charge is -2.00. The van der Waals surface area contributed by atoms with Gasteiger partial charge < -0.3 is 16.0 Å². The lowest BCUT2D eigenvalue weighted by molar-refractivity contribution is -0.121. The molecule has 1 aliphatic carbocycles. The van der Waals surface area contributed by atoms with Gasteiger partial charge in [0.05, 0.1) is 0 Å². The van der Waals surface area contributed by atoms with Gasteiger partial charge in [0.1, 0.15) is 0 Å². The first kappa shape index (κ1) is 20.5. The van der Waals surface area contributed by atoms with Crippen molar-refractivity contribution >= 4 is 5.91 Å². The van der Waals surface area contributed by atoms with Crippen LogP contribution in [0, 0.1) is 0 Å². The summed E-state index contributed by atoms with van der Waals surface area (Å²) in [6, 6.07) is 1.76. The number of allylic oxidation sites excluding steroid dienone is 5. The van der Waals surface area contributed by atoms with E-state index in [4.69, 9.17) is 0 Å². The zero-order valence-corrected chi connectivity index (χ0v) is 16.1. The average molecular weight is 358 g/mol. The molecule has 2 rings (SSSR count). The van der Waals surface area contributed by atoms with Gasteiger partial charge in [0.15, 0.2) is 0 Å². The van der Waals surface area contributed by atoms with E-state index in [9.17, 15) is 4.79 Å². The average Bonchev–Trinajstić information content (AvgIpc) is 3.54. The lowest BCUT2D eigenvalue weighted by Crippen LogP contribution is -2.24. The summed E-state index contributed by atoms with van der Waals surface area (Å²) in [5.41, 5.74) is 0. The summed E-state index contributed by atoms with van der Waals surface area (Å²) < 4.78 is 0. The van der Waals surface area contributed by atoms with Gasteiger partial charge in [0, 0.05) is 31.6 Å². The predicted molar refractivity (Wildman–Crippen MR) is 110 cm³/mol. The normalized spacial score (nSPS) is 22.8. The maximum absolute atomic E-state index is 11.6. The van der Waals surface area contributed by atoms with Crippen LogP contribution in [-0.4, -0.2) is 31.1 Å². The van der Waals surface area contributed by atoms with Gasteiger partial charge in [-0.2, -0.15) is 0 Å². The van der Waals surface area contributed by atoms with Crippen molar-refractivity contribution < 1.29 is 4.79 Å². The van der Waals surface area contributed by atoms with Crippen molar-refractivity contribution in [3.05, 3.63) is 48.7 Å². The fourth-order valence-corrected chi connectivity index (χ4v) is 2.83. The second-order valence-electron chi connectivity index (χ2n) is 7.16. The highest BCUT2D eigenvalue weighted by Crippen LogP contribution is 2.20. The molecule has 0 aromatic heterocycles. The second-order valence-corrected chi connectivity index (χ2v) is 7.16. The molecule has 144 valence electrons. The van der Waals surface area contributed by atoms with Gasteiger partial charge in [0.2, 0.25) is 5.91 Å². The van der Waals surface area contributed by atoms with E-state index in [0.29, 0.717) is 24.5 Å². The zero-order chi connectivity index (χ0) is 18.5. The Hall–Kier alpha value is -1.81. The monoisotopic (exact) mass is 357 g/mol. The Balaban J connectivity index is 1.39. The summed E-state index contributed by atoms with van der Waals surface area (Å²) in [6.45, 7) is 0. The first-order valence-electron chi connectivity index (χ1n) is 10.1. The van der Waals surface area contributed by atoms with Gasteiger partial charge in [-0.05, 0) is 57.6 Å². The molecule has 2 unspecified atom stereocenters. The molecule has 4 nitrogen and oxygen atoms in total. The molecule has 1 amide bonds. The summed E-state index contributed by atoms with van der Waals surface area (Å²) in [6.07, 6.45) is 26.7. The summed E-state index contributed by atoms with van der Waals surface area (Å²) in [5, 5.41) is 9.55. The van der Waals surface area contributed by atoms with Crippen molar-refractivity contribution in [3.8, 4) is 0 Å². The number of unbranched alkanes of at least 4 members (excludes halogenated alkanes) is 1. The molecule has 26 heavy (non-hydrogen) atoms. The number of hydrogen-bond acceptors (Lipinski definition) is 3. The molecule has 2 fully saturated rings. The molecule has 0 aromatic carbocycles. The Morgan fingerprint density at radius 2 is 1.62 bits per heavy atom. The summed E-state index contributed by atoms with van der Waals surface area (Å²) in [4.78, 5) is 11.6. The predicted octanol–water partition coefficient (Wildman–Crippen LogP) is 3.74. The molecule has 1 saturated heterocycles. The minimum absolute atomic E-state index is 0.223. The van der Waals surface area contributed by atoms with Crippen LogP contribution < -0.4 is 16.0 Å². The highest BCUT2D eigenvalue weighted by atomic mass is 16.1. The van der Waals surface area contributed by atoms with Gasteiger partial charge in [-0.3, -0.25) is 4.79 Å². The minimum atomic E-state index is 0.223. The van der Waals surface area contributed by atoms with Crippen molar-refractivity contribution in [3.63, 3.8) is 0 Å². The fourth-order valence-electron chi connectivity index (χ4n) is 2.83. The number of rotatable bonds is 14. The van der Waals surface area contributed by atoms with Crippen LogP contribution in [0.5, 0.6) is 0 Å². The van der Waals surface area contributed by atoms with Crippen LogP contribution >= 0.6 is 0 Å². The van der Waals surface area contributed by atoms with Gasteiger partial charge in [-0.25, -0.2) is 0 Å². The van der Waals surface area contributed by atoms with Crippen LogP contribution in [0.4, 0.5) is 0 Å². The number of hydrogen-bond donors (Lipinski definition) is 3. The molecule has 0 spiro atoms. The SMILES string of the molecule is CN/C=C\C/C=C\C/C=C\CC1NC1C/C=C\CCCC(=O)NC1CC1. The highest BCUT2D eigenvalue weighted by molar-refractivity contribution is 5.76. The van der Waals surface area contributed by atoms with E-state index in [1.165, 1.54) is 12.8 Å². The third-order valence-electron chi connectivity index (χ3n) is 4.63. The molecule has 4 heteroatoms. The maximum Gasteiger partial charge on any atom is 0.220 e. The molecular formula is C22H35N3O. The van der Waals surface area contributed by atoms with E-state index in [1.54, 1.807) is 0 Å². The quantitative estimate of drug-likeness (QED) is 0.252. The van der Waals surface area contributed by atoms with E-state index in [2.05, 4.69) is 58.5 Å². The van der Waals surface area contributed by atoms with Crippen LogP contribution in [0.1, 0.15) is 57.8 Å². The third kappa shape index (κ3) is 10.2. The first-order valence-corrected chi connectivity index (χ1v) is 10.1. The van der Waals surface area contributed by atoms with Gasteiger partial charge >= 0.3 is 0 Å². The van der Waals surface area contributed by atoms with Crippen LogP contribution in [-0.2, 0) is 4.79 Å². The van der Waals surface area contributed by atoms with Crippen LogP contribution in [0.2, 0.25) is 0 Å². The molecule has 0 bridgehead atoms. The number of nitrogens with one attached hydrogen (secondary N) is 3. The Labute approximate surface area is 158 Å². The molecule has 2 aliphatic rings. The first-order chi connectivity index (χ1) is 12.8. The molecule has 1 saturated carbocycles. The minimum Gasteiger partial charge on any atom is -0.394 e. The summed E-state index contributed by atoms with van der Waals surface area (Å²) in [5.74, 6) is 0.223. The van der Waals surface area contributed by atoms with E-state index in [1.807, 2.05) is 13.2 Å². The lowest BCUT2D eigenvalue weighted by atomic mass is 10.1. The van der Waals surface area contributed by atoms with Crippen molar-refractivity contribution in [1.82, 2.24) is 16.0 Å². The summed E-state index contributed by atoms with van der Waals surface area (Å²) >= 11 is 0. The highest BCUT2D eigenvalue weighted by Gasteiger charge is 2.33. The molecule has 0 radical (unpaired) electrons. The number of carbonyl (C=O) groups excluding carboxylic acids is 1. The smallest absolute Gasteiger partial charge is 0.220 e. The molecule has 1 aliphatic heterocycles. The second kappa shape index (κ2) is 12.5. The van der Waals surface area contributed by atoms with Gasteiger partial charge in [-0.1, -0.05) is 42.5 Å². The van der Waals surface area contributed by atoms with Crippen molar-refractivity contribution in [2.75, 3.05) is 7.05 Å². The van der Waals surface area contributed by atoms with E-state index < -0.39 is 0 Å². The van der Waals surface area contributed by atoms with Crippen LogP contribution in [0.3, 0.4) is 0 Å². The Morgan fingerprint density at radius 3 is 2.31 bits per heavy atom. The third-order valence-corrected chi connectivity index (χ3v) is 4.63. The topological polar surface area (TPSA) is 63.1 Å². The van der Waals surface area contributed by atoms with Crippen molar-refractivity contribution in [2.45, 2.75) is 75.9 Å². The van der Waals surface area contributed by atoms with Gasteiger partial charge in [0.25, 0.3) is 0 Å². The van der Waals surface area contributed by atoms with E-state index in [-0.39, 0.29) is 5.91 Å². The molecule has 2 atom stereocenters. The van der Waals surface area contributed by atoms with Crippen molar-refractivity contribution in [1.29, 1.82) is 0 Å². The molecular weight excluding hydrogens is 322 g/mol. The van der Waals surface area contributed by atoms with Crippen LogP contribution in [0.15, 0.2) is 48.7 Å². The molecule has 3 N–H and O–H groups in total. The molecule has 0 aromatic rings. The Bertz CT molecular complexity index is 517. The standard InChI is InChI=1S/C22H35N3O/c1-23-18-12-8-4-2-3-5-9-13-20-21(25-20)14-10-6-7-11-15-22(26)24-19-16-17-19/h2,4-6,9-10,12,18-21,23,25H,3,7-8,11,13-17H2,1H3,(H,24,26)/b4-2-,9-5-,10-6-,18-12-. The zero-order valence-electron chi connectivity index (χ0n) is 16.1. The Kier molecular flexibility index (Phi) is 9.88. The van der Waals surface area contributed by atoms with Gasteiger partial charge in [-0.15, -0.1) is 0 Å². The number of amides is 1. The number of carbonyl (C=O) groups is 1.